The molecule has 0 saturated carbocycles. The second kappa shape index (κ2) is 5.49. The molecule has 0 radical (unpaired) electrons. The maximum atomic E-state index is 13.2. The first kappa shape index (κ1) is 14.0. The third-order valence-corrected chi connectivity index (χ3v) is 3.26. The Morgan fingerprint density at radius 1 is 1.35 bits per heavy atom. The van der Waals surface area contributed by atoms with Crippen molar-refractivity contribution in [3.05, 3.63) is 35.4 Å². The number of benzene rings is 1. The zero-order chi connectivity index (χ0) is 13.1. The Bertz CT molecular complexity index is 455. The Hall–Kier alpha value is -1.10. The lowest BCUT2D eigenvalue weighted by molar-refractivity contribution is 0.0898. The van der Waals surface area contributed by atoms with Crippen LogP contribution in [0.15, 0.2) is 18.2 Å². The predicted octanol–water partition coefficient (Wildman–Crippen LogP) is 2.63. The van der Waals surface area contributed by atoms with Crippen LogP contribution in [-0.4, -0.2) is 26.2 Å². The number of hydrogen-bond donors (Lipinski definition) is 0. The summed E-state index contributed by atoms with van der Waals surface area (Å²) in [5.74, 6) is -2.90. The van der Waals surface area contributed by atoms with Crippen molar-refractivity contribution < 1.29 is 27.2 Å². The number of Topliss-reactive ketones (excluding diaryl/α,β-unsaturated/α-hetero) is 1. The minimum Gasteiger partial charge on any atom is -0.312 e. The van der Waals surface area contributed by atoms with Crippen LogP contribution in [0, 0.1) is 11.6 Å². The van der Waals surface area contributed by atoms with Crippen LogP contribution in [0.1, 0.15) is 10.4 Å². The maximum absolute atomic E-state index is 13.2. The summed E-state index contributed by atoms with van der Waals surface area (Å²) >= 11 is 0. The molecule has 1 aromatic rings. The van der Waals surface area contributed by atoms with Crippen molar-refractivity contribution >= 4 is 13.4 Å². The van der Waals surface area contributed by atoms with Crippen LogP contribution in [0.4, 0.5) is 8.78 Å². The van der Waals surface area contributed by atoms with E-state index in [1.807, 2.05) is 0 Å². The molecule has 0 heterocycles. The van der Waals surface area contributed by atoms with Gasteiger partial charge in [-0.05, 0) is 12.1 Å². The van der Waals surface area contributed by atoms with Crippen molar-refractivity contribution in [3.63, 3.8) is 0 Å². The van der Waals surface area contributed by atoms with Crippen LogP contribution < -0.4 is 0 Å². The lowest BCUT2D eigenvalue weighted by Gasteiger charge is -2.10. The topological polar surface area (TPSA) is 52.6 Å². The third kappa shape index (κ3) is 3.70. The molecule has 4 nitrogen and oxygen atoms in total. The van der Waals surface area contributed by atoms with E-state index in [0.29, 0.717) is 0 Å². The predicted molar refractivity (Wildman–Crippen MR) is 57.2 cm³/mol. The fourth-order valence-corrected chi connectivity index (χ4v) is 1.52. The van der Waals surface area contributed by atoms with Crippen molar-refractivity contribution in [2.45, 2.75) is 0 Å². The van der Waals surface area contributed by atoms with Gasteiger partial charge in [-0.2, -0.15) is 0 Å². The summed E-state index contributed by atoms with van der Waals surface area (Å²) in [7, 11) is -2.20. The summed E-state index contributed by atoms with van der Waals surface area (Å²) in [5.41, 5.74) is -0.705. The van der Waals surface area contributed by atoms with Crippen LogP contribution in [0.3, 0.4) is 0 Å². The average Bonchev–Trinajstić information content (AvgIpc) is 2.26. The van der Waals surface area contributed by atoms with Crippen LogP contribution in [-0.2, 0) is 13.6 Å². The van der Waals surface area contributed by atoms with Gasteiger partial charge in [0.25, 0.3) is 0 Å². The van der Waals surface area contributed by atoms with Crippen molar-refractivity contribution in [2.24, 2.45) is 0 Å². The quantitative estimate of drug-likeness (QED) is 0.606. The molecule has 0 aliphatic heterocycles. The van der Waals surface area contributed by atoms with Gasteiger partial charge in [-0.3, -0.25) is 9.36 Å². The SMILES string of the molecule is COP(C)(=O)OCC(=O)c1c(F)cccc1F. The third-order valence-electron chi connectivity index (χ3n) is 2.00. The molecule has 0 aliphatic rings. The minimum atomic E-state index is -3.34. The van der Waals surface area contributed by atoms with Gasteiger partial charge in [0.05, 0.1) is 5.56 Å². The first-order valence-corrected chi connectivity index (χ1v) is 6.61. The Morgan fingerprint density at radius 2 is 1.88 bits per heavy atom. The zero-order valence-electron chi connectivity index (χ0n) is 9.28. The first-order chi connectivity index (χ1) is 7.87. The van der Waals surface area contributed by atoms with E-state index in [9.17, 15) is 18.1 Å². The molecular formula is C10H11F2O4P. The molecule has 0 N–H and O–H groups in total. The van der Waals surface area contributed by atoms with E-state index in [4.69, 9.17) is 0 Å². The average molecular weight is 264 g/mol. The molecule has 0 amide bonds. The van der Waals surface area contributed by atoms with E-state index in [-0.39, 0.29) is 0 Å². The molecule has 94 valence electrons. The smallest absolute Gasteiger partial charge is 0.312 e. The molecule has 1 rings (SSSR count). The van der Waals surface area contributed by atoms with E-state index in [2.05, 4.69) is 9.05 Å². The number of carbonyl (C=O) groups excluding carboxylic acids is 1. The summed E-state index contributed by atoms with van der Waals surface area (Å²) in [5, 5.41) is 0. The standard InChI is InChI=1S/C10H11F2O4P/c1-15-17(2,14)16-6-9(13)10-7(11)4-3-5-8(10)12/h3-5H,6H2,1-2H3. The molecule has 7 heteroatoms. The Labute approximate surface area is 97.1 Å². The molecule has 0 spiro atoms. The first-order valence-electron chi connectivity index (χ1n) is 4.62. The van der Waals surface area contributed by atoms with Gasteiger partial charge in [0, 0.05) is 13.8 Å². The van der Waals surface area contributed by atoms with E-state index in [1.54, 1.807) is 0 Å². The van der Waals surface area contributed by atoms with Gasteiger partial charge in [-0.1, -0.05) is 6.07 Å². The molecule has 0 aromatic heterocycles. The highest BCUT2D eigenvalue weighted by molar-refractivity contribution is 7.52. The Kier molecular flexibility index (Phi) is 4.51. The second-order valence-electron chi connectivity index (χ2n) is 3.25. The van der Waals surface area contributed by atoms with E-state index in [0.717, 1.165) is 32.0 Å². The number of rotatable bonds is 5. The highest BCUT2D eigenvalue weighted by Gasteiger charge is 2.21. The van der Waals surface area contributed by atoms with Gasteiger partial charge in [0.15, 0.2) is 5.78 Å². The molecule has 17 heavy (non-hydrogen) atoms. The number of hydrogen-bond acceptors (Lipinski definition) is 4. The molecule has 0 bridgehead atoms. The largest absolute Gasteiger partial charge is 0.327 e. The van der Waals surface area contributed by atoms with Crippen molar-refractivity contribution in [2.75, 3.05) is 20.4 Å². The number of carbonyl (C=O) groups is 1. The Morgan fingerprint density at radius 3 is 2.35 bits per heavy atom. The molecule has 0 saturated heterocycles. The van der Waals surface area contributed by atoms with Crippen molar-refractivity contribution in [1.29, 1.82) is 0 Å². The van der Waals surface area contributed by atoms with Gasteiger partial charge in [0.2, 0.25) is 0 Å². The van der Waals surface area contributed by atoms with Crippen molar-refractivity contribution in [3.8, 4) is 0 Å². The lowest BCUT2D eigenvalue weighted by Crippen LogP contribution is -2.12. The summed E-state index contributed by atoms with van der Waals surface area (Å²) in [6.07, 6.45) is 0. The van der Waals surface area contributed by atoms with Crippen LogP contribution in [0.2, 0.25) is 0 Å². The normalized spacial score (nSPS) is 14.4. The van der Waals surface area contributed by atoms with E-state index in [1.165, 1.54) is 0 Å². The summed E-state index contributed by atoms with van der Waals surface area (Å²) in [4.78, 5) is 11.5. The number of halogens is 2. The fraction of sp³-hybridized carbons (Fsp3) is 0.300. The molecule has 1 aromatic carbocycles. The van der Waals surface area contributed by atoms with Gasteiger partial charge in [0.1, 0.15) is 18.2 Å². The molecule has 1 unspecified atom stereocenters. The highest BCUT2D eigenvalue weighted by Crippen LogP contribution is 2.42. The Balaban J connectivity index is 2.81. The van der Waals surface area contributed by atoms with Gasteiger partial charge in [-0.15, -0.1) is 0 Å². The fourth-order valence-electron chi connectivity index (χ4n) is 1.06. The van der Waals surface area contributed by atoms with E-state index < -0.39 is 37.2 Å². The van der Waals surface area contributed by atoms with Crippen LogP contribution in [0.5, 0.6) is 0 Å². The maximum Gasteiger partial charge on any atom is 0.327 e. The summed E-state index contributed by atoms with van der Waals surface area (Å²) < 4.78 is 46.8. The second-order valence-corrected chi connectivity index (χ2v) is 5.41. The molecule has 0 aliphatic carbocycles. The van der Waals surface area contributed by atoms with Gasteiger partial charge < -0.3 is 9.05 Å². The van der Waals surface area contributed by atoms with Crippen molar-refractivity contribution in [1.82, 2.24) is 0 Å². The number of ketones is 1. The van der Waals surface area contributed by atoms with Crippen LogP contribution >= 0.6 is 7.60 Å². The van der Waals surface area contributed by atoms with E-state index >= 15 is 0 Å². The van der Waals surface area contributed by atoms with Gasteiger partial charge >= 0.3 is 7.60 Å². The summed E-state index contributed by atoms with van der Waals surface area (Å²) in [6.45, 7) is 0.442. The summed E-state index contributed by atoms with van der Waals surface area (Å²) in [6, 6.07) is 3.05. The molecular weight excluding hydrogens is 253 g/mol. The van der Waals surface area contributed by atoms with Crippen LogP contribution in [0.25, 0.3) is 0 Å². The monoisotopic (exact) mass is 264 g/mol. The van der Waals surface area contributed by atoms with Gasteiger partial charge in [-0.25, -0.2) is 8.78 Å². The minimum absolute atomic E-state index is 0.705. The lowest BCUT2D eigenvalue weighted by atomic mass is 10.1. The highest BCUT2D eigenvalue weighted by atomic mass is 31.2. The molecule has 0 fully saturated rings. The molecule has 1 atom stereocenters. The zero-order valence-corrected chi connectivity index (χ0v) is 10.2.